The van der Waals surface area contributed by atoms with E-state index in [1.54, 1.807) is 36.4 Å². The van der Waals surface area contributed by atoms with Gasteiger partial charge < -0.3 is 19.8 Å². The quantitative estimate of drug-likeness (QED) is 0.657. The average Bonchev–Trinajstić information content (AvgIpc) is 3.20. The van der Waals surface area contributed by atoms with Gasteiger partial charge in [-0.3, -0.25) is 4.79 Å². The van der Waals surface area contributed by atoms with Gasteiger partial charge in [-0.25, -0.2) is 14.8 Å². The van der Waals surface area contributed by atoms with Gasteiger partial charge in [-0.1, -0.05) is 12.1 Å². The van der Waals surface area contributed by atoms with E-state index in [2.05, 4.69) is 20.6 Å². The fourth-order valence-corrected chi connectivity index (χ4v) is 2.22. The zero-order valence-electron chi connectivity index (χ0n) is 13.9. The minimum absolute atomic E-state index is 0.185. The van der Waals surface area contributed by atoms with E-state index < -0.39 is 5.97 Å². The topological polar surface area (TPSA) is 106 Å². The number of carbonyl (C=O) groups is 2. The van der Waals surface area contributed by atoms with Crippen LogP contribution in [0.15, 0.2) is 59.3 Å². The molecule has 0 spiro atoms. The van der Waals surface area contributed by atoms with Gasteiger partial charge in [0.2, 0.25) is 5.95 Å². The number of para-hydroxylation sites is 1. The van der Waals surface area contributed by atoms with Gasteiger partial charge in [-0.05, 0) is 30.3 Å². The second-order valence-corrected chi connectivity index (χ2v) is 5.19. The van der Waals surface area contributed by atoms with Gasteiger partial charge in [-0.15, -0.1) is 0 Å². The number of benzene rings is 1. The molecule has 132 valence electrons. The monoisotopic (exact) mass is 352 g/mol. The van der Waals surface area contributed by atoms with Crippen LogP contribution in [0, 0.1) is 0 Å². The van der Waals surface area contributed by atoms with Crippen molar-refractivity contribution in [2.45, 2.75) is 6.54 Å². The van der Waals surface area contributed by atoms with Crippen molar-refractivity contribution < 1.29 is 18.7 Å². The molecule has 3 rings (SSSR count). The molecule has 0 unspecified atom stereocenters. The van der Waals surface area contributed by atoms with Crippen LogP contribution in [0.4, 0.5) is 11.6 Å². The van der Waals surface area contributed by atoms with Crippen LogP contribution in [-0.2, 0) is 11.3 Å². The average molecular weight is 352 g/mol. The van der Waals surface area contributed by atoms with Gasteiger partial charge in [-0.2, -0.15) is 0 Å². The Morgan fingerprint density at radius 2 is 2.00 bits per heavy atom. The Morgan fingerprint density at radius 1 is 1.15 bits per heavy atom. The molecule has 1 aromatic carbocycles. The van der Waals surface area contributed by atoms with Crippen molar-refractivity contribution in [3.8, 4) is 0 Å². The molecule has 0 radical (unpaired) electrons. The Kier molecular flexibility index (Phi) is 5.23. The van der Waals surface area contributed by atoms with Crippen LogP contribution in [0.5, 0.6) is 0 Å². The number of anilines is 2. The molecule has 8 heteroatoms. The van der Waals surface area contributed by atoms with Gasteiger partial charge in [0.15, 0.2) is 0 Å². The molecule has 2 heterocycles. The molecule has 0 aliphatic heterocycles. The number of rotatable bonds is 6. The smallest absolute Gasteiger partial charge is 0.339 e. The number of methoxy groups -OCH3 is 1. The Labute approximate surface area is 149 Å². The van der Waals surface area contributed by atoms with Crippen molar-refractivity contribution in [3.05, 3.63) is 71.9 Å². The number of ether oxygens (including phenoxy) is 1. The van der Waals surface area contributed by atoms with E-state index in [0.717, 1.165) is 0 Å². The summed E-state index contributed by atoms with van der Waals surface area (Å²) in [5.41, 5.74) is 1.00. The summed E-state index contributed by atoms with van der Waals surface area (Å²) in [6, 6.07) is 11.8. The van der Waals surface area contributed by atoms with E-state index >= 15 is 0 Å². The second-order valence-electron chi connectivity index (χ2n) is 5.19. The fraction of sp³-hybridized carbons (Fsp3) is 0.111. The van der Waals surface area contributed by atoms with Crippen LogP contribution in [-0.4, -0.2) is 29.0 Å². The van der Waals surface area contributed by atoms with Crippen molar-refractivity contribution in [2.75, 3.05) is 12.4 Å². The van der Waals surface area contributed by atoms with Crippen molar-refractivity contribution in [1.29, 1.82) is 0 Å². The summed E-state index contributed by atoms with van der Waals surface area (Å²) in [5.74, 6) is -0.0293. The largest absolute Gasteiger partial charge is 0.467 e. The molecule has 0 atom stereocenters. The van der Waals surface area contributed by atoms with Crippen LogP contribution in [0.2, 0.25) is 0 Å². The van der Waals surface area contributed by atoms with Gasteiger partial charge in [0.05, 0.1) is 31.2 Å². The van der Waals surface area contributed by atoms with E-state index in [1.807, 2.05) is 0 Å². The van der Waals surface area contributed by atoms with Crippen molar-refractivity contribution in [3.63, 3.8) is 0 Å². The van der Waals surface area contributed by atoms with Crippen molar-refractivity contribution in [2.24, 2.45) is 0 Å². The molecule has 0 aliphatic rings. The number of hydrogen-bond donors (Lipinski definition) is 2. The molecule has 0 saturated carbocycles. The summed E-state index contributed by atoms with van der Waals surface area (Å²) in [5, 5.41) is 5.64. The third-order valence-electron chi connectivity index (χ3n) is 3.47. The highest BCUT2D eigenvalue weighted by atomic mass is 16.5. The Balaban J connectivity index is 1.73. The molecular weight excluding hydrogens is 336 g/mol. The normalized spacial score (nSPS) is 10.2. The third-order valence-corrected chi connectivity index (χ3v) is 3.47. The lowest BCUT2D eigenvalue weighted by Crippen LogP contribution is -2.24. The zero-order valence-corrected chi connectivity index (χ0v) is 13.9. The first-order valence-electron chi connectivity index (χ1n) is 7.75. The van der Waals surface area contributed by atoms with Crippen LogP contribution in [0.25, 0.3) is 0 Å². The minimum atomic E-state index is -0.486. The van der Waals surface area contributed by atoms with Gasteiger partial charge in [0, 0.05) is 6.20 Å². The van der Waals surface area contributed by atoms with Crippen molar-refractivity contribution in [1.82, 2.24) is 15.3 Å². The molecule has 26 heavy (non-hydrogen) atoms. The number of nitrogens with zero attached hydrogens (tertiary/aromatic N) is 2. The molecule has 0 bridgehead atoms. The first kappa shape index (κ1) is 17.2. The highest BCUT2D eigenvalue weighted by Crippen LogP contribution is 2.19. The van der Waals surface area contributed by atoms with Gasteiger partial charge in [0.25, 0.3) is 5.91 Å². The molecule has 2 aromatic heterocycles. The fourth-order valence-electron chi connectivity index (χ4n) is 2.22. The van der Waals surface area contributed by atoms with E-state index in [4.69, 9.17) is 9.15 Å². The number of amides is 1. The highest BCUT2D eigenvalue weighted by Gasteiger charge is 2.13. The summed E-state index contributed by atoms with van der Waals surface area (Å²) in [6.45, 7) is 0.254. The van der Waals surface area contributed by atoms with E-state index in [1.165, 1.54) is 25.6 Å². The molecule has 1 amide bonds. The second kappa shape index (κ2) is 7.93. The molecular formula is C18H16N4O4. The van der Waals surface area contributed by atoms with E-state index in [9.17, 15) is 9.59 Å². The SMILES string of the molecule is COC(=O)c1ccccc1Nc1nccc(C(=O)NCc2ccco2)n1. The number of hydrogen-bond acceptors (Lipinski definition) is 7. The lowest BCUT2D eigenvalue weighted by atomic mass is 10.2. The number of carbonyl (C=O) groups excluding carboxylic acids is 2. The van der Waals surface area contributed by atoms with Crippen LogP contribution in [0.1, 0.15) is 26.6 Å². The number of aromatic nitrogens is 2. The third kappa shape index (κ3) is 4.04. The number of esters is 1. The van der Waals surface area contributed by atoms with Crippen LogP contribution < -0.4 is 10.6 Å². The maximum Gasteiger partial charge on any atom is 0.339 e. The summed E-state index contributed by atoms with van der Waals surface area (Å²) in [6.07, 6.45) is 2.99. The van der Waals surface area contributed by atoms with E-state index in [0.29, 0.717) is 17.0 Å². The molecule has 3 aromatic rings. The Hall–Kier alpha value is -3.68. The maximum atomic E-state index is 12.2. The first-order valence-corrected chi connectivity index (χ1v) is 7.75. The lowest BCUT2D eigenvalue weighted by Gasteiger charge is -2.10. The summed E-state index contributed by atoms with van der Waals surface area (Å²) < 4.78 is 9.92. The lowest BCUT2D eigenvalue weighted by molar-refractivity contribution is 0.0601. The predicted octanol–water partition coefficient (Wildman–Crippen LogP) is 2.53. The molecule has 0 aliphatic carbocycles. The Morgan fingerprint density at radius 3 is 2.77 bits per heavy atom. The van der Waals surface area contributed by atoms with Gasteiger partial charge >= 0.3 is 5.97 Å². The van der Waals surface area contributed by atoms with Gasteiger partial charge in [0.1, 0.15) is 11.5 Å². The first-order chi connectivity index (χ1) is 12.7. The Bertz CT molecular complexity index is 909. The number of nitrogens with one attached hydrogen (secondary N) is 2. The number of furan rings is 1. The molecule has 2 N–H and O–H groups in total. The van der Waals surface area contributed by atoms with E-state index in [-0.39, 0.29) is 24.1 Å². The highest BCUT2D eigenvalue weighted by molar-refractivity contribution is 5.96. The predicted molar refractivity (Wildman–Crippen MR) is 93.0 cm³/mol. The maximum absolute atomic E-state index is 12.2. The summed E-state index contributed by atoms with van der Waals surface area (Å²) in [4.78, 5) is 32.3. The zero-order chi connectivity index (χ0) is 18.4. The van der Waals surface area contributed by atoms with Crippen LogP contribution >= 0.6 is 0 Å². The van der Waals surface area contributed by atoms with Crippen LogP contribution in [0.3, 0.4) is 0 Å². The minimum Gasteiger partial charge on any atom is -0.467 e. The van der Waals surface area contributed by atoms with Crippen molar-refractivity contribution >= 4 is 23.5 Å². The summed E-state index contributed by atoms with van der Waals surface area (Å²) in [7, 11) is 1.31. The molecule has 8 nitrogen and oxygen atoms in total. The standard InChI is InChI=1S/C18H16N4O4/c1-25-17(24)13-6-2-3-7-14(13)21-18-19-9-8-15(22-18)16(23)20-11-12-5-4-10-26-12/h2-10H,11H2,1H3,(H,20,23)(H,19,21,22). The molecule has 0 saturated heterocycles. The summed E-state index contributed by atoms with van der Waals surface area (Å²) >= 11 is 0. The molecule has 0 fully saturated rings.